The predicted molar refractivity (Wildman–Crippen MR) is 142 cm³/mol. The summed E-state index contributed by atoms with van der Waals surface area (Å²) in [7, 11) is 0. The van der Waals surface area contributed by atoms with Crippen molar-refractivity contribution in [3.8, 4) is 5.69 Å². The number of H-pyrrole nitrogens is 1. The van der Waals surface area contributed by atoms with Gasteiger partial charge in [0.25, 0.3) is 5.95 Å². The monoisotopic (exact) mass is 479 g/mol. The Morgan fingerprint density at radius 2 is 1.81 bits per heavy atom. The van der Waals surface area contributed by atoms with Gasteiger partial charge in [-0.15, -0.1) is 0 Å². The Labute approximate surface area is 209 Å². The molecule has 3 aromatic carbocycles. The fourth-order valence-electron chi connectivity index (χ4n) is 5.79. The summed E-state index contributed by atoms with van der Waals surface area (Å²) < 4.78 is 7.27. The molecular formula is C29H29N5O2. The van der Waals surface area contributed by atoms with Gasteiger partial charge in [0.05, 0.1) is 28.1 Å². The first-order valence-corrected chi connectivity index (χ1v) is 12.4. The number of imidazole rings is 1. The van der Waals surface area contributed by atoms with Crippen LogP contribution in [0.1, 0.15) is 46.1 Å². The number of aryl methyl sites for hydroxylation is 5. The zero-order valence-electron chi connectivity index (χ0n) is 21.3. The van der Waals surface area contributed by atoms with Crippen LogP contribution >= 0.6 is 0 Å². The number of aromatic amines is 1. The van der Waals surface area contributed by atoms with Gasteiger partial charge in [-0.1, -0.05) is 31.2 Å². The van der Waals surface area contributed by atoms with Crippen LogP contribution in [-0.2, 0) is 19.3 Å². The molecule has 0 saturated carbocycles. The second kappa shape index (κ2) is 8.22. The maximum absolute atomic E-state index is 11.9. The summed E-state index contributed by atoms with van der Waals surface area (Å²) in [5.74, 6) is 0.872. The van der Waals surface area contributed by atoms with Crippen LogP contribution in [0.2, 0.25) is 0 Å². The second-order valence-electron chi connectivity index (χ2n) is 9.71. The van der Waals surface area contributed by atoms with E-state index in [1.807, 2.05) is 11.0 Å². The van der Waals surface area contributed by atoms with E-state index in [4.69, 9.17) is 9.51 Å². The number of hydrogen-bond donors (Lipinski definition) is 1. The van der Waals surface area contributed by atoms with Gasteiger partial charge in [0.2, 0.25) is 0 Å². The fourth-order valence-corrected chi connectivity index (χ4v) is 5.79. The molecule has 6 rings (SSSR count). The lowest BCUT2D eigenvalue weighted by molar-refractivity contribution is 0.387. The van der Waals surface area contributed by atoms with Crippen molar-refractivity contribution in [1.82, 2.24) is 19.7 Å². The molecule has 2 aromatic heterocycles. The van der Waals surface area contributed by atoms with Crippen LogP contribution in [0.5, 0.6) is 0 Å². The van der Waals surface area contributed by atoms with Crippen molar-refractivity contribution in [2.24, 2.45) is 0 Å². The molecule has 0 unspecified atom stereocenters. The Bertz CT molecular complexity index is 1710. The molecule has 182 valence electrons. The van der Waals surface area contributed by atoms with Crippen molar-refractivity contribution in [2.45, 2.75) is 53.9 Å². The molecule has 3 heterocycles. The van der Waals surface area contributed by atoms with Crippen molar-refractivity contribution < 1.29 is 4.52 Å². The van der Waals surface area contributed by atoms with Crippen molar-refractivity contribution >= 4 is 28.4 Å². The fraction of sp³-hybridized carbons (Fsp3) is 0.276. The lowest BCUT2D eigenvalue weighted by Crippen LogP contribution is -2.16. The van der Waals surface area contributed by atoms with Gasteiger partial charge < -0.3 is 0 Å². The minimum atomic E-state index is -0.568. The first-order chi connectivity index (χ1) is 17.4. The summed E-state index contributed by atoms with van der Waals surface area (Å²) in [6, 6.07) is 14.9. The number of anilines is 3. The minimum absolute atomic E-state index is 0.385. The van der Waals surface area contributed by atoms with Crippen LogP contribution in [0.15, 0.2) is 51.8 Å². The van der Waals surface area contributed by atoms with E-state index < -0.39 is 5.76 Å². The molecule has 0 spiro atoms. The highest BCUT2D eigenvalue weighted by Crippen LogP contribution is 2.44. The zero-order chi connectivity index (χ0) is 25.1. The molecule has 1 N–H and O–H groups in total. The van der Waals surface area contributed by atoms with Gasteiger partial charge in [-0.3, -0.25) is 19.0 Å². The highest BCUT2D eigenvalue weighted by atomic mass is 16.5. The normalized spacial score (nSPS) is 13.1. The number of benzene rings is 3. The highest BCUT2D eigenvalue weighted by Gasteiger charge is 2.28. The summed E-state index contributed by atoms with van der Waals surface area (Å²) in [6.07, 6.45) is 2.59. The van der Waals surface area contributed by atoms with Gasteiger partial charge in [0.1, 0.15) is 5.82 Å². The van der Waals surface area contributed by atoms with E-state index in [0.717, 1.165) is 53.1 Å². The van der Waals surface area contributed by atoms with Gasteiger partial charge in [-0.05, 0) is 97.3 Å². The molecule has 1 aliphatic heterocycles. The molecule has 36 heavy (non-hydrogen) atoms. The van der Waals surface area contributed by atoms with E-state index in [2.05, 4.69) is 85.7 Å². The van der Waals surface area contributed by atoms with Crippen LogP contribution in [-0.4, -0.2) is 19.7 Å². The topological polar surface area (TPSA) is 79.9 Å². The van der Waals surface area contributed by atoms with Gasteiger partial charge in [-0.2, -0.15) is 0 Å². The molecule has 7 nitrogen and oxygen atoms in total. The Hall–Kier alpha value is -4.13. The Morgan fingerprint density at radius 1 is 1.00 bits per heavy atom. The van der Waals surface area contributed by atoms with E-state index in [9.17, 15) is 4.79 Å². The molecule has 0 saturated heterocycles. The van der Waals surface area contributed by atoms with E-state index >= 15 is 0 Å². The quantitative estimate of drug-likeness (QED) is 0.340. The molecule has 5 aromatic rings. The van der Waals surface area contributed by atoms with E-state index in [0.29, 0.717) is 5.95 Å². The van der Waals surface area contributed by atoms with Gasteiger partial charge >= 0.3 is 5.76 Å². The third-order valence-corrected chi connectivity index (χ3v) is 7.31. The summed E-state index contributed by atoms with van der Waals surface area (Å²) in [5, 5.41) is 4.07. The minimum Gasteiger partial charge on any atom is -0.296 e. The Morgan fingerprint density at radius 3 is 2.56 bits per heavy atom. The van der Waals surface area contributed by atoms with E-state index in [1.54, 1.807) is 0 Å². The van der Waals surface area contributed by atoms with E-state index in [-0.39, 0.29) is 0 Å². The largest absolute Gasteiger partial charge is 0.440 e. The van der Waals surface area contributed by atoms with Crippen molar-refractivity contribution in [2.75, 3.05) is 4.90 Å². The van der Waals surface area contributed by atoms with Gasteiger partial charge in [0.15, 0.2) is 0 Å². The average molecular weight is 480 g/mol. The van der Waals surface area contributed by atoms with Crippen LogP contribution in [0.25, 0.3) is 16.7 Å². The Kier molecular flexibility index (Phi) is 5.10. The summed E-state index contributed by atoms with van der Waals surface area (Å²) >= 11 is 0. The molecule has 0 atom stereocenters. The standard InChI is InChI=1S/C29H29N5O2/c1-6-25-30-26-17(3)13-16(2)14-24(26)34(25)27-18(4)15-23-21(19(27)5)12-11-20-9-7-8-10-22(20)33(23)28-31-29(35)36-32-28/h7-10,13-15H,6,11-12H2,1-5H3,(H,31,32,35). The third kappa shape index (κ3) is 3.30. The van der Waals surface area contributed by atoms with Crippen LogP contribution in [0, 0.1) is 27.7 Å². The van der Waals surface area contributed by atoms with Crippen LogP contribution < -0.4 is 10.7 Å². The van der Waals surface area contributed by atoms with Gasteiger partial charge in [-0.25, -0.2) is 9.78 Å². The molecular weight excluding hydrogens is 450 g/mol. The van der Waals surface area contributed by atoms with Crippen LogP contribution in [0.3, 0.4) is 0 Å². The number of aromatic nitrogens is 4. The predicted octanol–water partition coefficient (Wildman–Crippen LogP) is 6.07. The first kappa shape index (κ1) is 22.3. The van der Waals surface area contributed by atoms with E-state index in [1.165, 1.54) is 33.5 Å². The Balaban J connectivity index is 1.66. The molecule has 0 radical (unpaired) electrons. The SMILES string of the molecule is CCc1nc2c(C)cc(C)cc2n1-c1c(C)cc2c(c1C)CCc1ccccc1N2c1noc(=O)[nH]1. The summed E-state index contributed by atoms with van der Waals surface area (Å²) in [6.45, 7) is 10.8. The number of nitrogens with zero attached hydrogens (tertiary/aromatic N) is 4. The second-order valence-corrected chi connectivity index (χ2v) is 9.71. The lowest BCUT2D eigenvalue weighted by atomic mass is 9.95. The number of rotatable bonds is 3. The maximum Gasteiger partial charge on any atom is 0.440 e. The van der Waals surface area contributed by atoms with Crippen LogP contribution in [0.4, 0.5) is 17.3 Å². The highest BCUT2D eigenvalue weighted by molar-refractivity contribution is 5.85. The molecule has 0 amide bonds. The molecule has 0 bridgehead atoms. The van der Waals surface area contributed by atoms with Gasteiger partial charge in [0, 0.05) is 6.42 Å². The average Bonchev–Trinajstić information content (AvgIpc) is 3.38. The molecule has 0 fully saturated rings. The molecule has 0 aliphatic carbocycles. The third-order valence-electron chi connectivity index (χ3n) is 7.31. The van der Waals surface area contributed by atoms with Crippen molar-refractivity contribution in [3.05, 3.63) is 92.2 Å². The lowest BCUT2D eigenvalue weighted by Gasteiger charge is -2.26. The van der Waals surface area contributed by atoms with Crippen molar-refractivity contribution in [3.63, 3.8) is 0 Å². The molecule has 7 heteroatoms. The number of para-hydroxylation sites is 1. The molecule has 1 aliphatic rings. The first-order valence-electron chi connectivity index (χ1n) is 12.4. The number of hydrogen-bond acceptors (Lipinski definition) is 5. The summed E-state index contributed by atoms with van der Waals surface area (Å²) in [4.78, 5) is 21.8. The van der Waals surface area contributed by atoms with Crippen molar-refractivity contribution in [1.29, 1.82) is 0 Å². The summed E-state index contributed by atoms with van der Waals surface area (Å²) in [5.41, 5.74) is 12.6. The zero-order valence-corrected chi connectivity index (χ0v) is 21.3. The maximum atomic E-state index is 11.9. The number of nitrogens with one attached hydrogen (secondary N) is 1. The number of fused-ring (bicyclic) bond motifs is 3. The smallest absolute Gasteiger partial charge is 0.296 e.